The van der Waals surface area contributed by atoms with Crippen LogP contribution in [-0.4, -0.2) is 44.2 Å². The summed E-state index contributed by atoms with van der Waals surface area (Å²) >= 11 is 1.15. The molecule has 0 bridgehead atoms. The molecule has 8 nitrogen and oxygen atoms in total. The number of hydrogen-bond donors (Lipinski definition) is 1. The van der Waals surface area contributed by atoms with Crippen molar-refractivity contribution in [1.82, 2.24) is 4.31 Å². The Hall–Kier alpha value is -2.22. The highest BCUT2D eigenvalue weighted by Crippen LogP contribution is 2.26. The number of allylic oxidation sites excluding steroid dienone is 1. The maximum atomic E-state index is 12.4. The number of nitrogens with two attached hydrogens (primary N) is 1. The van der Waals surface area contributed by atoms with E-state index in [0.717, 1.165) is 11.3 Å². The molecule has 0 spiro atoms. The van der Waals surface area contributed by atoms with Crippen LogP contribution >= 0.6 is 11.3 Å². The second-order valence-corrected chi connectivity index (χ2v) is 8.92. The van der Waals surface area contributed by atoms with E-state index in [-0.39, 0.29) is 28.6 Å². The van der Waals surface area contributed by atoms with E-state index in [0.29, 0.717) is 12.8 Å². The fourth-order valence-electron chi connectivity index (χ4n) is 2.57. The molecular weight excluding hydrogens is 378 g/mol. The largest absolute Gasteiger partial charge is 0.457 e. The Balaban J connectivity index is 1.88. The van der Waals surface area contributed by atoms with Gasteiger partial charge in [-0.2, -0.15) is 9.57 Å². The van der Waals surface area contributed by atoms with Crippen molar-refractivity contribution in [2.24, 2.45) is 11.7 Å². The fraction of sp³-hybridized carbons (Fsp3) is 0.438. The van der Waals surface area contributed by atoms with E-state index >= 15 is 0 Å². The molecule has 2 heterocycles. The summed E-state index contributed by atoms with van der Waals surface area (Å²) in [5.74, 6) is -1.71. The standard InChI is InChI=1S/C16H19N3O5S2/c1-11(18)13(9-17)14(20)10-24-16(21)12-4-6-19(7-5-12)26(22,23)15-3-2-8-25-15/h2-3,8,12H,4-7,10,18H2,1H3. The van der Waals surface area contributed by atoms with E-state index in [1.807, 2.05) is 0 Å². The van der Waals surface area contributed by atoms with Crippen molar-refractivity contribution >= 4 is 33.1 Å². The topological polar surface area (TPSA) is 131 Å². The van der Waals surface area contributed by atoms with Crippen LogP contribution in [0.3, 0.4) is 0 Å². The van der Waals surface area contributed by atoms with Crippen LogP contribution in [0.4, 0.5) is 0 Å². The lowest BCUT2D eigenvalue weighted by molar-refractivity contribution is -0.152. The second kappa shape index (κ2) is 8.44. The lowest BCUT2D eigenvalue weighted by Crippen LogP contribution is -2.40. The van der Waals surface area contributed by atoms with E-state index in [2.05, 4.69) is 0 Å². The number of hydrogen-bond acceptors (Lipinski definition) is 8. The Morgan fingerprint density at radius 2 is 2.08 bits per heavy atom. The molecule has 0 atom stereocenters. The average Bonchev–Trinajstić information content (AvgIpc) is 3.15. The van der Waals surface area contributed by atoms with Gasteiger partial charge in [0, 0.05) is 18.8 Å². The highest BCUT2D eigenvalue weighted by Gasteiger charge is 2.33. The number of nitriles is 1. The molecule has 0 saturated carbocycles. The zero-order valence-electron chi connectivity index (χ0n) is 14.2. The zero-order chi connectivity index (χ0) is 19.3. The Kier molecular flexibility index (Phi) is 6.52. The van der Waals surface area contributed by atoms with Gasteiger partial charge in [0.15, 0.2) is 6.61 Å². The molecule has 140 valence electrons. The summed E-state index contributed by atoms with van der Waals surface area (Å²) in [5.41, 5.74) is 5.27. The molecule has 1 saturated heterocycles. The Morgan fingerprint density at radius 1 is 1.42 bits per heavy atom. The molecular formula is C16H19N3O5S2. The first-order valence-electron chi connectivity index (χ1n) is 7.87. The monoisotopic (exact) mass is 397 g/mol. The van der Waals surface area contributed by atoms with Crippen LogP contribution in [0.15, 0.2) is 33.0 Å². The molecule has 26 heavy (non-hydrogen) atoms. The minimum Gasteiger partial charge on any atom is -0.457 e. The van der Waals surface area contributed by atoms with Crippen molar-refractivity contribution in [3.63, 3.8) is 0 Å². The smallest absolute Gasteiger partial charge is 0.309 e. The van der Waals surface area contributed by atoms with Gasteiger partial charge in [0.1, 0.15) is 15.9 Å². The van der Waals surface area contributed by atoms with E-state index < -0.39 is 34.3 Å². The first-order valence-corrected chi connectivity index (χ1v) is 10.2. The van der Waals surface area contributed by atoms with Crippen LogP contribution in [0.5, 0.6) is 0 Å². The number of esters is 1. The number of Topliss-reactive ketones (excluding diaryl/α,β-unsaturated/α-hetero) is 1. The molecule has 0 unspecified atom stereocenters. The predicted octanol–water partition coefficient (Wildman–Crippen LogP) is 1.02. The van der Waals surface area contributed by atoms with Crippen LogP contribution in [0.2, 0.25) is 0 Å². The molecule has 1 aromatic heterocycles. The van der Waals surface area contributed by atoms with Gasteiger partial charge in [-0.3, -0.25) is 9.59 Å². The third kappa shape index (κ3) is 4.49. The lowest BCUT2D eigenvalue weighted by Gasteiger charge is -2.29. The highest BCUT2D eigenvalue weighted by atomic mass is 32.2. The molecule has 0 radical (unpaired) electrons. The fourth-order valence-corrected chi connectivity index (χ4v) is 5.18. The molecule has 2 N–H and O–H groups in total. The summed E-state index contributed by atoms with van der Waals surface area (Å²) in [7, 11) is -3.53. The molecule has 1 aliphatic heterocycles. The van der Waals surface area contributed by atoms with Gasteiger partial charge in [0.05, 0.1) is 5.92 Å². The first-order chi connectivity index (χ1) is 12.3. The number of rotatable bonds is 6. The van der Waals surface area contributed by atoms with Gasteiger partial charge in [-0.05, 0) is 31.2 Å². The van der Waals surface area contributed by atoms with Gasteiger partial charge in [0.25, 0.3) is 10.0 Å². The van der Waals surface area contributed by atoms with Crippen molar-refractivity contribution < 1.29 is 22.7 Å². The van der Waals surface area contributed by atoms with E-state index in [1.165, 1.54) is 11.2 Å². The van der Waals surface area contributed by atoms with Crippen molar-refractivity contribution in [3.05, 3.63) is 28.8 Å². The molecule has 1 fully saturated rings. The quantitative estimate of drug-likeness (QED) is 0.431. The summed E-state index contributed by atoms with van der Waals surface area (Å²) in [6.07, 6.45) is 0.628. The van der Waals surface area contributed by atoms with Crippen molar-refractivity contribution in [2.75, 3.05) is 19.7 Å². The van der Waals surface area contributed by atoms with Crippen LogP contribution in [0.1, 0.15) is 19.8 Å². The highest BCUT2D eigenvalue weighted by molar-refractivity contribution is 7.91. The Morgan fingerprint density at radius 3 is 2.58 bits per heavy atom. The van der Waals surface area contributed by atoms with Crippen molar-refractivity contribution in [1.29, 1.82) is 5.26 Å². The third-order valence-corrected chi connectivity index (χ3v) is 7.28. The maximum Gasteiger partial charge on any atom is 0.309 e. The summed E-state index contributed by atoms with van der Waals surface area (Å²) in [4.78, 5) is 23.9. The van der Waals surface area contributed by atoms with Crippen LogP contribution in [0, 0.1) is 17.2 Å². The molecule has 0 amide bonds. The SMILES string of the molecule is CC(N)=C(C#N)C(=O)COC(=O)C1CCN(S(=O)(=O)c2cccs2)CC1. The van der Waals surface area contributed by atoms with Crippen molar-refractivity contribution in [3.8, 4) is 6.07 Å². The molecule has 1 aliphatic rings. The summed E-state index contributed by atoms with van der Waals surface area (Å²) < 4.78 is 31.5. The molecule has 1 aromatic rings. The van der Waals surface area contributed by atoms with Gasteiger partial charge >= 0.3 is 5.97 Å². The average molecular weight is 397 g/mol. The van der Waals surface area contributed by atoms with Crippen molar-refractivity contribution in [2.45, 2.75) is 24.0 Å². The summed E-state index contributed by atoms with van der Waals surface area (Å²) in [6, 6.07) is 4.90. The predicted molar refractivity (Wildman–Crippen MR) is 94.3 cm³/mol. The van der Waals surface area contributed by atoms with Gasteiger partial charge in [-0.25, -0.2) is 8.42 Å². The normalized spacial score (nSPS) is 17.2. The van der Waals surface area contributed by atoms with E-state index in [9.17, 15) is 18.0 Å². The van der Waals surface area contributed by atoms with Gasteiger partial charge in [0.2, 0.25) is 5.78 Å². The Labute approximate surface area is 155 Å². The molecule has 0 aromatic carbocycles. The maximum absolute atomic E-state index is 12.4. The first kappa shape index (κ1) is 20.1. The molecule has 0 aliphatic carbocycles. The minimum absolute atomic E-state index is 0.0700. The number of carbonyl (C=O) groups excluding carboxylic acids is 2. The number of ether oxygens (including phenoxy) is 1. The number of piperidine rings is 1. The van der Waals surface area contributed by atoms with E-state index in [4.69, 9.17) is 15.7 Å². The van der Waals surface area contributed by atoms with Gasteiger partial charge in [-0.15, -0.1) is 11.3 Å². The van der Waals surface area contributed by atoms with E-state index in [1.54, 1.807) is 23.6 Å². The number of nitrogens with zero attached hydrogens (tertiary/aromatic N) is 2. The lowest BCUT2D eigenvalue weighted by atomic mass is 9.98. The second-order valence-electron chi connectivity index (χ2n) is 5.81. The molecule has 10 heteroatoms. The van der Waals surface area contributed by atoms with Crippen LogP contribution in [0.25, 0.3) is 0 Å². The zero-order valence-corrected chi connectivity index (χ0v) is 15.8. The third-order valence-electron chi connectivity index (χ3n) is 4.01. The van der Waals surface area contributed by atoms with Gasteiger partial charge < -0.3 is 10.5 Å². The van der Waals surface area contributed by atoms with Gasteiger partial charge in [-0.1, -0.05) is 6.07 Å². The van der Waals surface area contributed by atoms with Crippen LogP contribution < -0.4 is 5.73 Å². The van der Waals surface area contributed by atoms with Crippen LogP contribution in [-0.2, 0) is 24.3 Å². The Bertz CT molecular complexity index is 841. The number of thiophene rings is 1. The number of ketones is 1. The summed E-state index contributed by atoms with van der Waals surface area (Å²) in [6.45, 7) is 1.28. The molecule has 2 rings (SSSR count). The number of carbonyl (C=O) groups is 2. The minimum atomic E-state index is -3.53. The number of sulfonamides is 1. The summed E-state index contributed by atoms with van der Waals surface area (Å²) in [5, 5.41) is 10.5.